The van der Waals surface area contributed by atoms with Crippen molar-refractivity contribution in [1.82, 2.24) is 15.5 Å². The summed E-state index contributed by atoms with van der Waals surface area (Å²) in [4.78, 5) is 49.0. The van der Waals surface area contributed by atoms with E-state index in [1.165, 1.54) is 6.92 Å². The predicted molar refractivity (Wildman–Crippen MR) is 87.7 cm³/mol. The summed E-state index contributed by atoms with van der Waals surface area (Å²) < 4.78 is 0. The van der Waals surface area contributed by atoms with Crippen LogP contribution in [-0.4, -0.2) is 53.0 Å². The summed E-state index contributed by atoms with van der Waals surface area (Å²) in [5.74, 6) is -1.78. The monoisotopic (exact) mass is 351 g/mol. The second-order valence-electron chi connectivity index (χ2n) is 5.40. The van der Waals surface area contributed by atoms with Crippen molar-refractivity contribution in [1.29, 1.82) is 0 Å². The van der Waals surface area contributed by atoms with Gasteiger partial charge in [-0.2, -0.15) is 0 Å². The topological polar surface area (TPSA) is 95.6 Å². The first kappa shape index (κ1) is 17.9. The fourth-order valence-corrected chi connectivity index (χ4v) is 2.41. The summed E-state index contributed by atoms with van der Waals surface area (Å²) >= 11 is 5.60. The first-order valence-corrected chi connectivity index (χ1v) is 7.94. The number of imide groups is 1. The second kappa shape index (κ2) is 7.44. The predicted octanol–water partition coefficient (Wildman–Crippen LogP) is 0.531. The Morgan fingerprint density at radius 2 is 1.46 bits per heavy atom. The Bertz CT molecular complexity index is 655. The highest BCUT2D eigenvalue weighted by Gasteiger charge is 2.40. The van der Waals surface area contributed by atoms with E-state index in [1.807, 2.05) is 0 Å². The van der Waals surface area contributed by atoms with Gasteiger partial charge in [-0.1, -0.05) is 12.1 Å². The highest BCUT2D eigenvalue weighted by Crippen LogP contribution is 2.24. The normalized spacial score (nSPS) is 15.7. The number of hydrogen-bond donors (Lipinski definition) is 2. The van der Waals surface area contributed by atoms with Crippen LogP contribution in [0.1, 0.15) is 34.6 Å². The molecule has 0 aromatic heterocycles. The zero-order valence-corrected chi connectivity index (χ0v) is 14.1. The molecule has 0 saturated heterocycles. The third-order valence-corrected chi connectivity index (χ3v) is 3.88. The third kappa shape index (κ3) is 3.56. The van der Waals surface area contributed by atoms with E-state index in [-0.39, 0.29) is 19.0 Å². The number of benzene rings is 1. The van der Waals surface area contributed by atoms with Gasteiger partial charge in [0.25, 0.3) is 11.8 Å². The molecule has 0 saturated carbocycles. The van der Waals surface area contributed by atoms with Crippen LogP contribution in [0.25, 0.3) is 0 Å². The molecule has 1 aromatic carbocycles. The first-order valence-electron chi connectivity index (χ1n) is 7.51. The molecule has 0 fully saturated rings. The van der Waals surface area contributed by atoms with Gasteiger partial charge in [-0.25, -0.2) is 0 Å². The van der Waals surface area contributed by atoms with E-state index in [4.69, 9.17) is 11.6 Å². The zero-order chi connectivity index (χ0) is 17.9. The summed E-state index contributed by atoms with van der Waals surface area (Å²) in [7, 11) is 0. The minimum Gasteiger partial charge on any atom is -0.353 e. The summed E-state index contributed by atoms with van der Waals surface area (Å²) in [6.07, 6.45) is 0. The van der Waals surface area contributed by atoms with Crippen LogP contribution in [0, 0.1) is 0 Å². The quantitative estimate of drug-likeness (QED) is 0.444. The van der Waals surface area contributed by atoms with Crippen molar-refractivity contribution in [3.05, 3.63) is 35.4 Å². The molecule has 2 unspecified atom stereocenters. The Kier molecular flexibility index (Phi) is 5.56. The molecule has 1 aliphatic rings. The van der Waals surface area contributed by atoms with Crippen LogP contribution < -0.4 is 10.6 Å². The van der Waals surface area contributed by atoms with Gasteiger partial charge in [0.15, 0.2) is 0 Å². The van der Waals surface area contributed by atoms with Crippen LogP contribution >= 0.6 is 11.6 Å². The largest absolute Gasteiger partial charge is 0.353 e. The standard InChI is InChI=1S/C16H18ClN3O4/c1-9(17)13(21)18-7-8-19-14(22)10(2)20-15(23)11-5-3-4-6-12(11)16(20)24/h3-6,9-10H,7-8H2,1-2H3,(H,18,21)(H,19,22). The highest BCUT2D eigenvalue weighted by molar-refractivity contribution is 6.30. The summed E-state index contributed by atoms with van der Waals surface area (Å²) in [5, 5.41) is 4.47. The number of rotatable bonds is 6. The molecule has 0 aliphatic carbocycles. The number of fused-ring (bicyclic) bond motifs is 1. The minimum atomic E-state index is -0.944. The van der Waals surface area contributed by atoms with Crippen molar-refractivity contribution in [3.8, 4) is 0 Å². The Hall–Kier alpha value is -2.41. The van der Waals surface area contributed by atoms with Gasteiger partial charge in [-0.15, -0.1) is 11.6 Å². The minimum absolute atomic E-state index is 0.168. The average molecular weight is 352 g/mol. The molecule has 2 rings (SSSR count). The maximum Gasteiger partial charge on any atom is 0.262 e. The molecule has 1 aromatic rings. The number of alkyl halides is 1. The fraction of sp³-hybridized carbons (Fsp3) is 0.375. The molecule has 1 heterocycles. The van der Waals surface area contributed by atoms with E-state index in [9.17, 15) is 19.2 Å². The van der Waals surface area contributed by atoms with E-state index in [0.29, 0.717) is 11.1 Å². The maximum atomic E-state index is 12.3. The molecule has 7 nitrogen and oxygen atoms in total. The van der Waals surface area contributed by atoms with Crippen LogP contribution in [0.5, 0.6) is 0 Å². The number of halogens is 1. The fourth-order valence-electron chi connectivity index (χ4n) is 2.34. The Morgan fingerprint density at radius 3 is 1.92 bits per heavy atom. The zero-order valence-electron chi connectivity index (χ0n) is 13.3. The lowest BCUT2D eigenvalue weighted by atomic mass is 10.1. The molecular formula is C16H18ClN3O4. The molecule has 0 radical (unpaired) electrons. The number of nitrogens with one attached hydrogen (secondary N) is 2. The Labute approximate surface area is 144 Å². The maximum absolute atomic E-state index is 12.3. The molecule has 0 bridgehead atoms. The van der Waals surface area contributed by atoms with Crippen LogP contribution in [0.3, 0.4) is 0 Å². The molecule has 0 spiro atoms. The summed E-state index contributed by atoms with van der Waals surface area (Å²) in [6, 6.07) is 5.50. The van der Waals surface area contributed by atoms with E-state index < -0.39 is 29.1 Å². The van der Waals surface area contributed by atoms with E-state index in [2.05, 4.69) is 10.6 Å². The van der Waals surface area contributed by atoms with Gasteiger partial charge in [0.1, 0.15) is 11.4 Å². The van der Waals surface area contributed by atoms with Crippen LogP contribution in [0.15, 0.2) is 24.3 Å². The van der Waals surface area contributed by atoms with Crippen LogP contribution in [0.4, 0.5) is 0 Å². The van der Waals surface area contributed by atoms with Crippen molar-refractivity contribution >= 4 is 35.2 Å². The van der Waals surface area contributed by atoms with E-state index >= 15 is 0 Å². The molecule has 2 atom stereocenters. The van der Waals surface area contributed by atoms with Crippen molar-refractivity contribution < 1.29 is 19.2 Å². The molecule has 24 heavy (non-hydrogen) atoms. The molecule has 1 aliphatic heterocycles. The molecule has 8 heteroatoms. The van der Waals surface area contributed by atoms with Crippen molar-refractivity contribution in [2.45, 2.75) is 25.3 Å². The second-order valence-corrected chi connectivity index (χ2v) is 6.05. The number of amides is 4. The summed E-state index contributed by atoms with van der Waals surface area (Å²) in [5.41, 5.74) is 0.594. The third-order valence-electron chi connectivity index (χ3n) is 3.68. The lowest BCUT2D eigenvalue weighted by Gasteiger charge is -2.21. The van der Waals surface area contributed by atoms with Gasteiger partial charge in [-0.05, 0) is 26.0 Å². The number of carbonyl (C=O) groups excluding carboxylic acids is 4. The van der Waals surface area contributed by atoms with Gasteiger partial charge in [0.2, 0.25) is 11.8 Å². The first-order chi connectivity index (χ1) is 11.3. The van der Waals surface area contributed by atoms with Gasteiger partial charge in [0.05, 0.1) is 11.1 Å². The lowest BCUT2D eigenvalue weighted by molar-refractivity contribution is -0.125. The lowest BCUT2D eigenvalue weighted by Crippen LogP contribution is -2.49. The van der Waals surface area contributed by atoms with Gasteiger partial charge in [-0.3, -0.25) is 24.1 Å². The average Bonchev–Trinajstić information content (AvgIpc) is 2.82. The Balaban J connectivity index is 1.91. The van der Waals surface area contributed by atoms with Gasteiger partial charge in [0, 0.05) is 13.1 Å². The molecule has 128 valence electrons. The molecule has 4 amide bonds. The highest BCUT2D eigenvalue weighted by atomic mass is 35.5. The summed E-state index contributed by atoms with van der Waals surface area (Å²) in [6.45, 7) is 3.40. The van der Waals surface area contributed by atoms with E-state index in [1.54, 1.807) is 31.2 Å². The molecular weight excluding hydrogens is 334 g/mol. The van der Waals surface area contributed by atoms with Crippen LogP contribution in [0.2, 0.25) is 0 Å². The van der Waals surface area contributed by atoms with Gasteiger partial charge >= 0.3 is 0 Å². The van der Waals surface area contributed by atoms with Crippen molar-refractivity contribution in [3.63, 3.8) is 0 Å². The van der Waals surface area contributed by atoms with Crippen LogP contribution in [-0.2, 0) is 9.59 Å². The number of carbonyl (C=O) groups is 4. The van der Waals surface area contributed by atoms with Crippen molar-refractivity contribution in [2.75, 3.05) is 13.1 Å². The number of hydrogen-bond acceptors (Lipinski definition) is 4. The van der Waals surface area contributed by atoms with Crippen molar-refractivity contribution in [2.24, 2.45) is 0 Å². The van der Waals surface area contributed by atoms with Gasteiger partial charge < -0.3 is 10.6 Å². The SMILES string of the molecule is CC(Cl)C(=O)NCCNC(=O)C(C)N1C(=O)c2ccccc2C1=O. The Morgan fingerprint density at radius 1 is 1.00 bits per heavy atom. The molecule has 2 N–H and O–H groups in total. The smallest absolute Gasteiger partial charge is 0.262 e. The van der Waals surface area contributed by atoms with E-state index in [0.717, 1.165) is 4.90 Å². The number of nitrogens with zero attached hydrogens (tertiary/aromatic N) is 1.